The van der Waals surface area contributed by atoms with Crippen LogP contribution in [-0.4, -0.2) is 97.4 Å². The minimum Gasteiger partial charge on any atom is -0.460 e. The van der Waals surface area contributed by atoms with Gasteiger partial charge in [-0.15, -0.1) is 0 Å². The first kappa shape index (κ1) is 63.9. The number of ether oxygens (including phenoxy) is 6. The molecule has 0 heterocycles. The average molecular weight is 922 g/mol. The molecule has 0 bridgehead atoms. The number of nitrogens with zero attached hydrogens (tertiary/aromatic N) is 2. The molecule has 0 aromatic rings. The minimum absolute atomic E-state index is 0.108. The predicted molar refractivity (Wildman–Crippen MR) is 240 cm³/mol. The van der Waals surface area contributed by atoms with E-state index in [0.717, 1.165) is 7.05 Å². The van der Waals surface area contributed by atoms with Gasteiger partial charge in [-0.1, -0.05) is 0 Å². The average Bonchev–Trinajstić information content (AvgIpc) is 3.01. The Labute approximate surface area is 381 Å². The molecule has 64 heavy (non-hydrogen) atoms. The van der Waals surface area contributed by atoms with Crippen molar-refractivity contribution in [3.63, 3.8) is 0 Å². The van der Waals surface area contributed by atoms with Crippen LogP contribution >= 0.6 is 0 Å². The Morgan fingerprint density at radius 3 is 0.641 bits per heavy atom. The van der Waals surface area contributed by atoms with Gasteiger partial charge in [0.1, 0.15) is 33.6 Å². The van der Waals surface area contributed by atoms with Crippen LogP contribution in [0.25, 0.3) is 0 Å². The number of esters is 6. The summed E-state index contributed by atoms with van der Waals surface area (Å²) in [7, 11) is 0.889. The van der Waals surface area contributed by atoms with E-state index >= 15 is 0 Å². The number of nitrogens with two attached hydrogens (primary N) is 1. The third kappa shape index (κ3) is 40.4. The highest BCUT2D eigenvalue weighted by Crippen LogP contribution is 2.31. The van der Waals surface area contributed by atoms with Crippen molar-refractivity contribution in [2.45, 2.75) is 246 Å². The molecule has 0 aromatic heterocycles. The summed E-state index contributed by atoms with van der Waals surface area (Å²) in [5.74, 6) is -2.81. The molecule has 0 fully saturated rings. The van der Waals surface area contributed by atoms with Crippen LogP contribution < -0.4 is 5.73 Å². The van der Waals surface area contributed by atoms with E-state index in [1.807, 2.05) is 0 Å². The van der Waals surface area contributed by atoms with Gasteiger partial charge in [-0.25, -0.2) is 0 Å². The maximum atomic E-state index is 12.2. The number of rotatable bonds is 19. The second-order valence-electron chi connectivity index (χ2n) is 21.8. The van der Waals surface area contributed by atoms with E-state index in [9.17, 15) is 38.9 Å². The molecule has 0 aliphatic heterocycles. The molecule has 0 amide bonds. The number of nitro groups is 2. The van der Waals surface area contributed by atoms with Gasteiger partial charge in [0.25, 0.3) is 0 Å². The summed E-state index contributed by atoms with van der Waals surface area (Å²) in [5, 5.41) is 20.9. The molecule has 374 valence electrons. The van der Waals surface area contributed by atoms with Gasteiger partial charge in [0.15, 0.2) is 7.05 Å². The lowest BCUT2D eigenvalue weighted by molar-refractivity contribution is -0.573. The molecule has 0 aliphatic rings. The molecule has 0 saturated heterocycles. The molecular formula is C45H83N3O16. The van der Waals surface area contributed by atoms with Crippen molar-refractivity contribution in [1.29, 1.82) is 0 Å². The maximum Gasteiger partial charge on any atom is 0.306 e. The van der Waals surface area contributed by atoms with Crippen molar-refractivity contribution in [2.75, 3.05) is 7.05 Å². The van der Waals surface area contributed by atoms with Crippen LogP contribution in [0.1, 0.15) is 202 Å². The molecule has 0 aromatic carbocycles. The van der Waals surface area contributed by atoms with Gasteiger partial charge in [0.2, 0.25) is 5.54 Å². The van der Waals surface area contributed by atoms with Crippen molar-refractivity contribution in [3.8, 4) is 0 Å². The summed E-state index contributed by atoms with van der Waals surface area (Å²) in [5.41, 5.74) is 0.0562. The quantitative estimate of drug-likeness (QED) is 0.0552. The molecule has 0 rings (SSSR count). The zero-order valence-electron chi connectivity index (χ0n) is 42.5. The molecule has 2 N–H and O–H groups in total. The van der Waals surface area contributed by atoms with Crippen molar-refractivity contribution >= 4 is 35.8 Å². The number of carbonyl (C=O) groups excluding carboxylic acids is 6. The van der Waals surface area contributed by atoms with Crippen LogP contribution in [-0.2, 0) is 57.2 Å². The zero-order valence-corrected chi connectivity index (χ0v) is 42.5. The smallest absolute Gasteiger partial charge is 0.306 e. The maximum absolute atomic E-state index is 12.2. The van der Waals surface area contributed by atoms with E-state index in [1.54, 1.807) is 125 Å². The molecule has 19 nitrogen and oxygen atoms in total. The number of carbonyl (C=O) groups is 6. The summed E-state index contributed by atoms with van der Waals surface area (Å²) in [4.78, 5) is 92.6. The SMILES string of the molecule is CC(C)(C)OC(=O)CCC(CCC(=O)OC(C)(C)C)(CCC(=O)OC(C)(C)C)[N+](=O)[O-].CC(C)(C)OC(=O)CCC(N)(CCC(=O)OC(C)(C)C)CCC(=O)OC(C)(C)C.C[N+](=O)[O-]. The molecule has 0 unspecified atom stereocenters. The lowest BCUT2D eigenvalue weighted by Gasteiger charge is -2.30. The largest absolute Gasteiger partial charge is 0.460 e. The Balaban J connectivity index is -0.00000107. The third-order valence-electron chi connectivity index (χ3n) is 7.77. The second kappa shape index (κ2) is 26.5. The molecule has 0 aliphatic carbocycles. The highest BCUT2D eigenvalue weighted by atomic mass is 16.6. The van der Waals surface area contributed by atoms with Gasteiger partial charge in [-0.3, -0.25) is 49.0 Å². The first-order valence-corrected chi connectivity index (χ1v) is 21.6. The summed E-state index contributed by atoms with van der Waals surface area (Å²) in [6.07, 6.45) is 0.0991. The highest BCUT2D eigenvalue weighted by molar-refractivity contribution is 5.73. The molecule has 0 spiro atoms. The van der Waals surface area contributed by atoms with Crippen molar-refractivity contribution < 1.29 is 67.0 Å². The van der Waals surface area contributed by atoms with Gasteiger partial charge in [0.05, 0.1) is 19.3 Å². The van der Waals surface area contributed by atoms with Crippen LogP contribution in [0.4, 0.5) is 0 Å². The van der Waals surface area contributed by atoms with E-state index < -0.39 is 72.4 Å². The zero-order chi connectivity index (χ0) is 51.3. The first-order valence-electron chi connectivity index (χ1n) is 21.6. The van der Waals surface area contributed by atoms with Crippen molar-refractivity contribution in [1.82, 2.24) is 0 Å². The van der Waals surface area contributed by atoms with E-state index in [-0.39, 0.29) is 75.7 Å². The van der Waals surface area contributed by atoms with E-state index in [4.69, 9.17) is 44.3 Å². The molecule has 0 saturated carbocycles. The monoisotopic (exact) mass is 922 g/mol. The number of hydrogen-bond donors (Lipinski definition) is 1. The Bertz CT molecular complexity index is 1370. The topological polar surface area (TPSA) is 270 Å². The Hall–Kier alpha value is -4.42. The normalized spacial score (nSPS) is 12.5. The molecule has 19 heteroatoms. The highest BCUT2D eigenvalue weighted by Gasteiger charge is 2.44. The van der Waals surface area contributed by atoms with Crippen LogP contribution in [0.5, 0.6) is 0 Å². The third-order valence-corrected chi connectivity index (χ3v) is 7.77. The van der Waals surface area contributed by atoms with Crippen LogP contribution in [0, 0.1) is 20.2 Å². The Morgan fingerprint density at radius 1 is 0.375 bits per heavy atom. The van der Waals surface area contributed by atoms with E-state index in [2.05, 4.69) is 0 Å². The van der Waals surface area contributed by atoms with Crippen molar-refractivity contribution in [3.05, 3.63) is 20.2 Å². The second-order valence-corrected chi connectivity index (χ2v) is 21.8. The molecule has 0 atom stereocenters. The fraction of sp³-hybridized carbons (Fsp3) is 0.867. The number of hydrogen-bond acceptors (Lipinski definition) is 17. The van der Waals surface area contributed by atoms with Gasteiger partial charge in [-0.05, 0) is 144 Å². The molecular weight excluding hydrogens is 838 g/mol. The van der Waals surface area contributed by atoms with Gasteiger partial charge in [-0.2, -0.15) is 0 Å². The van der Waals surface area contributed by atoms with E-state index in [1.165, 1.54) is 0 Å². The minimum atomic E-state index is -1.66. The van der Waals surface area contributed by atoms with Gasteiger partial charge >= 0.3 is 35.8 Å². The standard InChI is InChI=1S/C22H39NO8.C22H41NO6.CH3NO2/c1-19(2,3)29-16(24)10-13-22(23(27)28,14-11-17(25)30-20(4,5)6)15-12-18(26)31-21(7,8)9;1-19(2,3)27-16(24)10-13-22(23,14-11-17(25)28-20(4,5)6)15-12-18(26)29-21(7,8)9;1-2(3)4/h10-15H2,1-9H3;10-15,23H2,1-9H3;1H3. The Kier molecular flexibility index (Phi) is 26.5. The van der Waals surface area contributed by atoms with Crippen LogP contribution in [0.3, 0.4) is 0 Å². The van der Waals surface area contributed by atoms with Gasteiger partial charge in [0, 0.05) is 53.9 Å². The van der Waals surface area contributed by atoms with Crippen LogP contribution in [0.2, 0.25) is 0 Å². The Morgan fingerprint density at radius 2 is 0.516 bits per heavy atom. The van der Waals surface area contributed by atoms with Crippen molar-refractivity contribution in [2.24, 2.45) is 5.73 Å². The van der Waals surface area contributed by atoms with Crippen LogP contribution in [0.15, 0.2) is 0 Å². The lowest BCUT2D eigenvalue weighted by atomic mass is 9.84. The summed E-state index contributed by atoms with van der Waals surface area (Å²) >= 11 is 0. The fourth-order valence-electron chi connectivity index (χ4n) is 5.44. The van der Waals surface area contributed by atoms with Gasteiger partial charge < -0.3 is 34.2 Å². The summed E-state index contributed by atoms with van der Waals surface area (Å²) in [6.45, 7) is 31.5. The lowest BCUT2D eigenvalue weighted by Crippen LogP contribution is -2.42. The molecule has 0 radical (unpaired) electrons. The first-order chi connectivity index (χ1) is 28.3. The summed E-state index contributed by atoms with van der Waals surface area (Å²) < 4.78 is 31.8. The fourth-order valence-corrected chi connectivity index (χ4v) is 5.44. The predicted octanol–water partition coefficient (Wildman–Crippen LogP) is 8.31. The van der Waals surface area contributed by atoms with E-state index in [0.29, 0.717) is 19.3 Å². The summed E-state index contributed by atoms with van der Waals surface area (Å²) in [6, 6.07) is 0.